The minimum atomic E-state index is -2.88. The van der Waals surface area contributed by atoms with Crippen LogP contribution in [0.2, 0.25) is 0 Å². The number of aromatic nitrogens is 3. The van der Waals surface area contributed by atoms with E-state index >= 15 is 0 Å². The molecule has 3 aromatic heterocycles. The van der Waals surface area contributed by atoms with Gasteiger partial charge in [-0.25, -0.2) is 0 Å². The Kier molecular flexibility index (Phi) is 17.3. The molecule has 0 atom stereocenters. The molecule has 1 N–H and O–H groups in total. The van der Waals surface area contributed by atoms with Crippen LogP contribution in [-0.2, 0) is 23.3 Å². The van der Waals surface area contributed by atoms with Gasteiger partial charge in [-0.05, 0) is 27.7 Å². The summed E-state index contributed by atoms with van der Waals surface area (Å²) in [5.74, 6) is 1.02. The van der Waals surface area contributed by atoms with E-state index in [0.29, 0.717) is 11.8 Å². The van der Waals surface area contributed by atoms with Crippen LogP contribution in [0.5, 0.6) is 0 Å². The Morgan fingerprint density at radius 2 is 0.923 bits per heavy atom. The van der Waals surface area contributed by atoms with Gasteiger partial charge in [0.25, 0.3) is 8.32 Å². The molecule has 9 rings (SSSR count). The molecule has 0 saturated heterocycles. The number of hydrogen-bond acceptors (Lipinski definition) is 4. The average molecular weight is 954 g/mol. The van der Waals surface area contributed by atoms with Gasteiger partial charge in [-0.1, -0.05) is 141 Å². The van der Waals surface area contributed by atoms with Gasteiger partial charge in [0, 0.05) is 23.2 Å². The Hall–Kier alpha value is -6.04. The van der Waals surface area contributed by atoms with E-state index in [9.17, 15) is 4.80 Å². The third kappa shape index (κ3) is 12.8. The molecule has 7 heteroatoms. The van der Waals surface area contributed by atoms with E-state index in [1.165, 1.54) is 22.4 Å². The fourth-order valence-electron chi connectivity index (χ4n) is 7.58. The van der Waals surface area contributed by atoms with E-state index in [-0.39, 0.29) is 5.41 Å². The average Bonchev–Trinajstić information content (AvgIpc) is 3.74. The van der Waals surface area contributed by atoms with Gasteiger partial charge >= 0.3 is 156 Å². The van der Waals surface area contributed by atoms with Gasteiger partial charge in [0.2, 0.25) is 0 Å². The summed E-state index contributed by atoms with van der Waals surface area (Å²) in [6, 6.07) is 63.5. The minimum absolute atomic E-state index is 0.0811. The van der Waals surface area contributed by atoms with Crippen LogP contribution in [0.4, 0.5) is 5.69 Å². The second kappa shape index (κ2) is 23.2. The van der Waals surface area contributed by atoms with E-state index in [0.717, 1.165) is 48.8 Å². The predicted octanol–water partition coefficient (Wildman–Crippen LogP) is 12.3. The number of pyridine rings is 2. The molecule has 0 saturated carbocycles. The van der Waals surface area contributed by atoms with Crippen LogP contribution >= 0.6 is 0 Å². The number of hydrogen-bond donors (Lipinski definition) is 1. The van der Waals surface area contributed by atoms with Crippen molar-refractivity contribution >= 4 is 55.8 Å². The van der Waals surface area contributed by atoms with E-state index in [2.05, 4.69) is 134 Å². The molecule has 0 aliphatic rings. The molecular formula is C58H61MoN4OSi-. The predicted molar refractivity (Wildman–Crippen MR) is 275 cm³/mol. The summed E-state index contributed by atoms with van der Waals surface area (Å²) in [7, 11) is -2.88. The number of fused-ring (bicyclic) bond motifs is 3. The van der Waals surface area contributed by atoms with Gasteiger partial charge in [-0.15, -0.1) is 0 Å². The van der Waals surface area contributed by atoms with Crippen LogP contribution in [0.1, 0.15) is 81.5 Å². The largest absolute Gasteiger partial charge is 0.665 e. The minimum Gasteiger partial charge on any atom is -0.665 e. The first kappa shape index (κ1) is 48.4. The number of aryl methyl sites for hydroxylation is 2. The Balaban J connectivity index is 0.000000153. The van der Waals surface area contributed by atoms with Crippen molar-refractivity contribution in [2.24, 2.45) is 3.50 Å². The van der Waals surface area contributed by atoms with Gasteiger partial charge in [-0.2, -0.15) is 11.4 Å². The van der Waals surface area contributed by atoms with Gasteiger partial charge in [0.15, 0.2) is 0 Å². The second-order valence-corrected chi connectivity index (χ2v) is 21.9. The first-order valence-electron chi connectivity index (χ1n) is 22.3. The van der Waals surface area contributed by atoms with Crippen molar-refractivity contribution in [2.75, 3.05) is 0 Å². The van der Waals surface area contributed by atoms with Gasteiger partial charge in [-0.3, -0.25) is 9.97 Å². The third-order valence-electron chi connectivity index (χ3n) is 11.2. The molecule has 0 unspecified atom stereocenters. The molecule has 3 heterocycles. The van der Waals surface area contributed by atoms with Crippen LogP contribution in [-0.4, -0.2) is 27.5 Å². The molecule has 5 nitrogen and oxygen atoms in total. The summed E-state index contributed by atoms with van der Waals surface area (Å²) in [6.45, 7) is 17.6. The summed E-state index contributed by atoms with van der Waals surface area (Å²) >= 11 is -0.553. The normalized spacial score (nSPS) is 11.1. The van der Waals surface area contributed by atoms with Gasteiger partial charge < -0.3 is 9.78 Å². The summed E-state index contributed by atoms with van der Waals surface area (Å²) in [4.78, 5) is 24.4. The van der Waals surface area contributed by atoms with Crippen molar-refractivity contribution in [3.8, 4) is 0 Å². The van der Waals surface area contributed by atoms with Crippen molar-refractivity contribution in [3.05, 3.63) is 229 Å². The topological polar surface area (TPSA) is 72.5 Å². The maximum absolute atomic E-state index is 11.6. The molecule has 65 heavy (non-hydrogen) atoms. The summed E-state index contributed by atoms with van der Waals surface area (Å²) in [5, 5.41) is 5.31. The number of benzene rings is 6. The molecule has 0 radical (unpaired) electrons. The summed E-state index contributed by atoms with van der Waals surface area (Å²) in [5.41, 5.74) is 9.65. The molecule has 6 aromatic carbocycles. The first-order valence-corrected chi connectivity index (χ1v) is 26.3. The van der Waals surface area contributed by atoms with Gasteiger partial charge in [0.05, 0.1) is 11.0 Å². The van der Waals surface area contributed by atoms with Crippen molar-refractivity contribution in [3.63, 3.8) is 0 Å². The van der Waals surface area contributed by atoms with E-state index in [1.54, 1.807) is 12.4 Å². The second-order valence-electron chi connectivity index (χ2n) is 17.2. The number of nitrogens with zero attached hydrogens (tertiary/aromatic N) is 4. The zero-order chi connectivity index (χ0) is 46.2. The van der Waals surface area contributed by atoms with E-state index in [4.69, 9.17) is 3.50 Å². The smallest absolute Gasteiger partial charge is 0.285 e. The molecule has 9 aromatic rings. The van der Waals surface area contributed by atoms with Crippen LogP contribution in [0.15, 0.2) is 204 Å². The summed E-state index contributed by atoms with van der Waals surface area (Å²) < 4.78 is 7.59. The van der Waals surface area contributed by atoms with Crippen molar-refractivity contribution < 1.29 is 22.7 Å². The molecule has 0 aliphatic carbocycles. The quantitative estimate of drug-likeness (QED) is 0.0936. The molecule has 330 valence electrons. The number of rotatable bonds is 8. The van der Waals surface area contributed by atoms with E-state index < -0.39 is 26.2 Å². The Morgan fingerprint density at radius 1 is 0.523 bits per heavy atom. The van der Waals surface area contributed by atoms with Crippen LogP contribution in [0.3, 0.4) is 0 Å². The van der Waals surface area contributed by atoms with Crippen LogP contribution in [0, 0.1) is 13.8 Å². The van der Waals surface area contributed by atoms with Crippen LogP contribution in [0.25, 0.3) is 21.8 Å². The Bertz CT molecular complexity index is 2730. The van der Waals surface area contributed by atoms with Crippen LogP contribution < -0.4 is 20.5 Å². The molecule has 0 amide bonds. The van der Waals surface area contributed by atoms with Crippen molar-refractivity contribution in [1.82, 2.24) is 15.0 Å². The monoisotopic (exact) mass is 955 g/mol. The standard InChI is InChI=1S/C18H16OSi.C12H8N2.C12H17N.C10H12.C6H8N.Mo/c19-20(16-10-4-1-5-11-16,17-12-6-2-7-13-17)18-14-8-3-9-15-18;1-3-9-5-6-10-4-2-8-14-12(10)11(9)13-7-1;1-8(2)10-6-5-7-11(9(3)4)12(10)13;1-10(2,3)9-7-5-4-6-8-9;1-5-3-4-6(2)7-5;/h1-15,19H;1-8H;5-9H,1-4H3;1,4-8H,2-3H3;3-4H,1-2H3;/q;;;;-1;. The van der Waals surface area contributed by atoms with Crippen molar-refractivity contribution in [1.29, 1.82) is 0 Å². The molecule has 0 bridgehead atoms. The van der Waals surface area contributed by atoms with E-state index in [1.807, 2.05) is 129 Å². The molecule has 0 aliphatic heterocycles. The maximum Gasteiger partial charge on any atom is 0.285 e. The zero-order valence-corrected chi connectivity index (χ0v) is 41.9. The Labute approximate surface area is 395 Å². The van der Waals surface area contributed by atoms with Gasteiger partial charge in [0.1, 0.15) is 0 Å². The molecular weight excluding hydrogens is 893 g/mol. The third-order valence-corrected chi connectivity index (χ3v) is 17.1. The first-order chi connectivity index (χ1) is 31.4. The van der Waals surface area contributed by atoms with Crippen molar-refractivity contribution in [2.45, 2.75) is 72.6 Å². The molecule has 0 fully saturated rings. The maximum atomic E-state index is 11.6. The zero-order valence-electron chi connectivity index (χ0n) is 38.9. The SMILES string of the molecule is CC(C)c1cccc(C(C)C)c1[N]=[Mo]=[CH]C(C)(C)c1ccccc1.Cc1ccc(C)[n-]1.O[Si](c1ccccc1)(c1ccccc1)c1ccccc1.c1cnc2c(c1)ccc1cccnc12. The Morgan fingerprint density at radius 3 is 1.29 bits per heavy atom. The fraction of sp³-hybridized carbons (Fsp3) is 0.190. The summed E-state index contributed by atoms with van der Waals surface area (Å²) in [6.07, 6.45) is 3.60. The molecule has 0 spiro atoms. The fourth-order valence-corrected chi connectivity index (χ4v) is 12.5.